The Bertz CT molecular complexity index is 527. The highest BCUT2D eigenvalue weighted by molar-refractivity contribution is 5.53. The largest absolute Gasteiger partial charge is 0.451 e. The van der Waals surface area contributed by atoms with Crippen molar-refractivity contribution in [3.8, 4) is 11.5 Å². The summed E-state index contributed by atoms with van der Waals surface area (Å²) in [6, 6.07) is 3.21. The van der Waals surface area contributed by atoms with Crippen LogP contribution in [0.3, 0.4) is 0 Å². The molecule has 0 aliphatic heterocycles. The predicted molar refractivity (Wildman–Crippen MR) is 54.7 cm³/mol. The van der Waals surface area contributed by atoms with E-state index >= 15 is 0 Å². The second kappa shape index (κ2) is 4.00. The first-order valence-electron chi connectivity index (χ1n) is 4.59. The van der Waals surface area contributed by atoms with Crippen molar-refractivity contribution in [1.29, 1.82) is 0 Å². The summed E-state index contributed by atoms with van der Waals surface area (Å²) in [5, 5.41) is 6.41. The number of halogens is 3. The van der Waals surface area contributed by atoms with E-state index in [0.717, 1.165) is 5.56 Å². The smallest absolute Gasteiger partial charge is 0.316 e. The lowest BCUT2D eigenvalue weighted by atomic mass is 10.2. The molecule has 2 aromatic rings. The number of pyridine rings is 1. The standard InChI is InChI=1S/C10H7F3N4/c1-2-6-3-4-7(14-5-6)8-15-9(17-16-8)10(11,12)13/h2-5H,1H2,(H,15,16,17). The molecule has 0 atom stereocenters. The quantitative estimate of drug-likeness (QED) is 0.877. The Balaban J connectivity index is 2.33. The van der Waals surface area contributed by atoms with Crippen LogP contribution in [0, 0.1) is 0 Å². The van der Waals surface area contributed by atoms with Crippen LogP contribution in [-0.4, -0.2) is 20.2 Å². The van der Waals surface area contributed by atoms with Gasteiger partial charge in [0.25, 0.3) is 0 Å². The van der Waals surface area contributed by atoms with E-state index in [-0.39, 0.29) is 5.82 Å². The Labute approximate surface area is 94.2 Å². The van der Waals surface area contributed by atoms with Gasteiger partial charge in [-0.15, -0.1) is 10.2 Å². The van der Waals surface area contributed by atoms with Crippen molar-refractivity contribution in [2.75, 3.05) is 0 Å². The first kappa shape index (κ1) is 11.3. The molecule has 1 N–H and O–H groups in total. The molecule has 0 aromatic carbocycles. The molecule has 2 rings (SSSR count). The summed E-state index contributed by atoms with van der Waals surface area (Å²) in [5.41, 5.74) is 1.06. The second-order valence-corrected chi connectivity index (χ2v) is 3.20. The summed E-state index contributed by atoms with van der Waals surface area (Å²) in [6.07, 6.45) is -1.47. The average Bonchev–Trinajstić information content (AvgIpc) is 2.78. The van der Waals surface area contributed by atoms with Gasteiger partial charge in [-0.3, -0.25) is 4.98 Å². The third-order valence-corrected chi connectivity index (χ3v) is 2.02. The van der Waals surface area contributed by atoms with Crippen molar-refractivity contribution in [3.05, 3.63) is 36.3 Å². The molecule has 2 aromatic heterocycles. The molecule has 0 saturated carbocycles. The number of nitrogens with zero attached hydrogens (tertiary/aromatic N) is 3. The van der Waals surface area contributed by atoms with Crippen molar-refractivity contribution < 1.29 is 13.2 Å². The first-order valence-corrected chi connectivity index (χ1v) is 4.59. The van der Waals surface area contributed by atoms with Crippen LogP contribution in [-0.2, 0) is 6.18 Å². The van der Waals surface area contributed by atoms with E-state index < -0.39 is 12.0 Å². The van der Waals surface area contributed by atoms with Gasteiger partial charge in [-0.05, 0) is 11.6 Å². The summed E-state index contributed by atoms with van der Waals surface area (Å²) >= 11 is 0. The minimum absolute atomic E-state index is 0.0204. The number of aromatic nitrogens is 4. The number of H-pyrrole nitrogens is 1. The van der Waals surface area contributed by atoms with Crippen molar-refractivity contribution in [3.63, 3.8) is 0 Å². The van der Waals surface area contributed by atoms with E-state index in [9.17, 15) is 13.2 Å². The number of aromatic amines is 1. The van der Waals surface area contributed by atoms with Crippen LogP contribution in [0.2, 0.25) is 0 Å². The topological polar surface area (TPSA) is 54.5 Å². The zero-order valence-electron chi connectivity index (χ0n) is 8.49. The van der Waals surface area contributed by atoms with Gasteiger partial charge in [0.2, 0.25) is 5.82 Å². The van der Waals surface area contributed by atoms with Crippen LogP contribution >= 0.6 is 0 Å². The van der Waals surface area contributed by atoms with Gasteiger partial charge >= 0.3 is 6.18 Å². The van der Waals surface area contributed by atoms with Crippen LogP contribution in [0.5, 0.6) is 0 Å². The maximum atomic E-state index is 12.3. The lowest BCUT2D eigenvalue weighted by molar-refractivity contribution is -0.144. The van der Waals surface area contributed by atoms with Gasteiger partial charge in [0.15, 0.2) is 5.82 Å². The van der Waals surface area contributed by atoms with E-state index in [1.54, 1.807) is 12.1 Å². The van der Waals surface area contributed by atoms with Gasteiger partial charge in [0, 0.05) is 6.20 Å². The molecule has 0 amide bonds. The number of hydrogen-bond acceptors (Lipinski definition) is 3. The van der Waals surface area contributed by atoms with Crippen LogP contribution < -0.4 is 0 Å². The minimum Gasteiger partial charge on any atom is -0.316 e. The van der Waals surface area contributed by atoms with Gasteiger partial charge in [0.05, 0.1) is 0 Å². The zero-order valence-corrected chi connectivity index (χ0v) is 8.49. The number of nitrogens with one attached hydrogen (secondary N) is 1. The molecule has 0 bridgehead atoms. The Morgan fingerprint density at radius 3 is 2.47 bits per heavy atom. The third-order valence-electron chi connectivity index (χ3n) is 2.02. The highest BCUT2D eigenvalue weighted by Gasteiger charge is 2.35. The molecule has 7 heteroatoms. The molecular formula is C10H7F3N4. The van der Waals surface area contributed by atoms with E-state index in [0.29, 0.717) is 5.69 Å². The molecule has 0 fully saturated rings. The number of rotatable bonds is 2. The lowest BCUT2D eigenvalue weighted by Crippen LogP contribution is -2.07. The summed E-state index contributed by atoms with van der Waals surface area (Å²) in [6.45, 7) is 3.55. The monoisotopic (exact) mass is 240 g/mol. The van der Waals surface area contributed by atoms with Crippen molar-refractivity contribution in [2.24, 2.45) is 0 Å². The van der Waals surface area contributed by atoms with E-state index in [4.69, 9.17) is 0 Å². The molecule has 0 aliphatic rings. The summed E-state index contributed by atoms with van der Waals surface area (Å²) < 4.78 is 36.8. The van der Waals surface area contributed by atoms with Gasteiger partial charge in [-0.2, -0.15) is 13.2 Å². The Hall–Kier alpha value is -2.18. The molecule has 88 valence electrons. The molecule has 4 nitrogen and oxygen atoms in total. The molecule has 0 saturated heterocycles. The molecule has 17 heavy (non-hydrogen) atoms. The zero-order chi connectivity index (χ0) is 12.5. The summed E-state index contributed by atoms with van der Waals surface area (Å²) in [5.74, 6) is -1.16. The third kappa shape index (κ3) is 2.32. The van der Waals surface area contributed by atoms with Gasteiger partial charge < -0.3 is 4.98 Å². The van der Waals surface area contributed by atoms with Gasteiger partial charge in [0.1, 0.15) is 5.69 Å². The highest BCUT2D eigenvalue weighted by Crippen LogP contribution is 2.27. The fourth-order valence-corrected chi connectivity index (χ4v) is 1.17. The number of alkyl halides is 3. The highest BCUT2D eigenvalue weighted by atomic mass is 19.4. The van der Waals surface area contributed by atoms with Crippen LogP contribution in [0.1, 0.15) is 11.4 Å². The maximum absolute atomic E-state index is 12.3. The molecular weight excluding hydrogens is 233 g/mol. The van der Waals surface area contributed by atoms with E-state index in [1.807, 2.05) is 0 Å². The molecule has 0 unspecified atom stereocenters. The lowest BCUT2D eigenvalue weighted by Gasteiger charge is -1.99. The summed E-state index contributed by atoms with van der Waals surface area (Å²) in [7, 11) is 0. The first-order chi connectivity index (χ1) is 8.00. The molecule has 0 aliphatic carbocycles. The predicted octanol–water partition coefficient (Wildman–Crippen LogP) is 2.53. The van der Waals surface area contributed by atoms with Crippen LogP contribution in [0.25, 0.3) is 17.6 Å². The SMILES string of the molecule is C=Cc1ccc(-c2nnc(C(F)(F)F)[nH]2)nc1. The second-order valence-electron chi connectivity index (χ2n) is 3.20. The maximum Gasteiger partial charge on any atom is 0.451 e. The van der Waals surface area contributed by atoms with Crippen molar-refractivity contribution in [2.45, 2.75) is 6.18 Å². The fraction of sp³-hybridized carbons (Fsp3) is 0.100. The Kier molecular flexibility index (Phi) is 2.66. The van der Waals surface area contributed by atoms with Crippen LogP contribution in [0.4, 0.5) is 13.2 Å². The normalized spacial score (nSPS) is 11.5. The summed E-state index contributed by atoms with van der Waals surface area (Å²) in [4.78, 5) is 6.01. The minimum atomic E-state index is -4.54. The molecule has 2 heterocycles. The van der Waals surface area contributed by atoms with Crippen LogP contribution in [0.15, 0.2) is 24.9 Å². The van der Waals surface area contributed by atoms with E-state index in [2.05, 4.69) is 26.7 Å². The van der Waals surface area contributed by atoms with Gasteiger partial charge in [-0.25, -0.2) is 0 Å². The Morgan fingerprint density at radius 1 is 1.24 bits per heavy atom. The van der Waals surface area contributed by atoms with Gasteiger partial charge in [-0.1, -0.05) is 18.7 Å². The van der Waals surface area contributed by atoms with Crippen molar-refractivity contribution in [1.82, 2.24) is 20.2 Å². The number of hydrogen-bond donors (Lipinski definition) is 1. The van der Waals surface area contributed by atoms with Crippen molar-refractivity contribution >= 4 is 6.08 Å². The van der Waals surface area contributed by atoms with E-state index in [1.165, 1.54) is 12.3 Å². The molecule has 0 spiro atoms. The average molecular weight is 240 g/mol. The fourth-order valence-electron chi connectivity index (χ4n) is 1.17. The Morgan fingerprint density at radius 2 is 2.00 bits per heavy atom. The molecule has 0 radical (unpaired) electrons.